The monoisotopic (exact) mass is 183 g/mol. The van der Waals surface area contributed by atoms with Gasteiger partial charge in [-0.3, -0.25) is 4.79 Å². The second-order valence-corrected chi connectivity index (χ2v) is 3.77. The number of carbonyl (C=O) groups excluding carboxylic acids is 1. The molecule has 3 heteroatoms. The first-order valence-electron chi connectivity index (χ1n) is 4.26. The van der Waals surface area contributed by atoms with Crippen molar-refractivity contribution in [1.82, 2.24) is 4.90 Å². The summed E-state index contributed by atoms with van der Waals surface area (Å²) in [5.41, 5.74) is -0.847. The van der Waals surface area contributed by atoms with Crippen molar-refractivity contribution in [3.05, 3.63) is 0 Å². The summed E-state index contributed by atoms with van der Waals surface area (Å²) in [5, 5.41) is 9.43. The molecule has 0 bridgehead atoms. The van der Waals surface area contributed by atoms with E-state index in [0.29, 0.717) is 19.4 Å². The van der Waals surface area contributed by atoms with Gasteiger partial charge in [-0.2, -0.15) is 0 Å². The van der Waals surface area contributed by atoms with Crippen molar-refractivity contribution in [1.29, 1.82) is 0 Å². The third-order valence-corrected chi connectivity index (χ3v) is 1.53. The highest BCUT2D eigenvalue weighted by Crippen LogP contribution is 2.04. The number of amides is 1. The summed E-state index contributed by atoms with van der Waals surface area (Å²) in [6.07, 6.45) is 5.84. The van der Waals surface area contributed by atoms with E-state index in [1.165, 1.54) is 4.90 Å². The van der Waals surface area contributed by atoms with Gasteiger partial charge >= 0.3 is 0 Å². The van der Waals surface area contributed by atoms with Gasteiger partial charge in [-0.25, -0.2) is 0 Å². The molecule has 0 radical (unpaired) electrons. The van der Waals surface area contributed by atoms with Crippen LogP contribution in [0.1, 0.15) is 26.7 Å². The maximum atomic E-state index is 11.3. The molecule has 0 atom stereocenters. The lowest BCUT2D eigenvalue weighted by molar-refractivity contribution is -0.132. The van der Waals surface area contributed by atoms with Crippen molar-refractivity contribution in [2.24, 2.45) is 0 Å². The van der Waals surface area contributed by atoms with Crippen molar-refractivity contribution in [2.75, 3.05) is 13.6 Å². The van der Waals surface area contributed by atoms with Gasteiger partial charge in [-0.15, -0.1) is 12.3 Å². The molecule has 0 fully saturated rings. The summed E-state index contributed by atoms with van der Waals surface area (Å²) in [5.74, 6) is 2.38. The fourth-order valence-corrected chi connectivity index (χ4v) is 1.04. The molecule has 0 spiro atoms. The van der Waals surface area contributed by atoms with Crippen LogP contribution in [0.2, 0.25) is 0 Å². The molecule has 0 rings (SSSR count). The van der Waals surface area contributed by atoms with Crippen LogP contribution in [0.3, 0.4) is 0 Å². The first-order chi connectivity index (χ1) is 5.87. The zero-order chi connectivity index (χ0) is 10.5. The van der Waals surface area contributed by atoms with Crippen LogP contribution < -0.4 is 0 Å². The van der Waals surface area contributed by atoms with Crippen LogP contribution in [-0.4, -0.2) is 35.1 Å². The molecule has 0 saturated carbocycles. The summed E-state index contributed by atoms with van der Waals surface area (Å²) >= 11 is 0. The minimum atomic E-state index is -0.847. The second kappa shape index (κ2) is 4.88. The summed E-state index contributed by atoms with van der Waals surface area (Å²) in [6, 6.07) is 0. The fraction of sp³-hybridized carbons (Fsp3) is 0.700. The van der Waals surface area contributed by atoms with Gasteiger partial charge in [0, 0.05) is 26.4 Å². The molecule has 0 aromatic rings. The molecule has 0 aliphatic heterocycles. The molecule has 0 aliphatic carbocycles. The quantitative estimate of drug-likeness (QED) is 0.649. The highest BCUT2D eigenvalue weighted by molar-refractivity contribution is 5.76. The largest absolute Gasteiger partial charge is 0.389 e. The standard InChI is InChI=1S/C10H17NO2/c1-5-6-7-9(12)11(4)8-10(2,3)13/h1,13H,6-8H2,2-4H3. The Hall–Kier alpha value is -1.01. The SMILES string of the molecule is C#CCCC(=O)N(C)CC(C)(C)O. The number of hydrogen-bond acceptors (Lipinski definition) is 2. The average Bonchev–Trinajstić information content (AvgIpc) is 1.96. The normalized spacial score (nSPS) is 10.7. The van der Waals surface area contributed by atoms with Gasteiger partial charge in [0.25, 0.3) is 0 Å². The summed E-state index contributed by atoms with van der Waals surface area (Å²) in [4.78, 5) is 12.8. The summed E-state index contributed by atoms with van der Waals surface area (Å²) in [7, 11) is 1.66. The third-order valence-electron chi connectivity index (χ3n) is 1.53. The highest BCUT2D eigenvalue weighted by atomic mass is 16.3. The smallest absolute Gasteiger partial charge is 0.223 e. The average molecular weight is 183 g/mol. The van der Waals surface area contributed by atoms with Crippen molar-refractivity contribution < 1.29 is 9.90 Å². The molecule has 13 heavy (non-hydrogen) atoms. The van der Waals surface area contributed by atoms with E-state index in [9.17, 15) is 9.90 Å². The molecule has 0 aliphatic rings. The molecular formula is C10H17NO2. The Morgan fingerprint density at radius 1 is 1.62 bits per heavy atom. The van der Waals surface area contributed by atoms with Crippen LogP contribution in [0.5, 0.6) is 0 Å². The Morgan fingerprint density at radius 2 is 2.15 bits per heavy atom. The summed E-state index contributed by atoms with van der Waals surface area (Å²) < 4.78 is 0. The lowest BCUT2D eigenvalue weighted by Crippen LogP contribution is -2.39. The van der Waals surface area contributed by atoms with E-state index < -0.39 is 5.60 Å². The molecule has 1 N–H and O–H groups in total. The Morgan fingerprint density at radius 3 is 2.54 bits per heavy atom. The van der Waals surface area contributed by atoms with Crippen LogP contribution in [0.25, 0.3) is 0 Å². The zero-order valence-corrected chi connectivity index (χ0v) is 8.50. The molecule has 0 unspecified atom stereocenters. The molecule has 0 heterocycles. The molecule has 3 nitrogen and oxygen atoms in total. The van der Waals surface area contributed by atoms with Gasteiger partial charge in [0.05, 0.1) is 5.60 Å². The zero-order valence-electron chi connectivity index (χ0n) is 8.50. The maximum absolute atomic E-state index is 11.3. The van der Waals surface area contributed by atoms with E-state index in [1.807, 2.05) is 0 Å². The first-order valence-corrected chi connectivity index (χ1v) is 4.26. The van der Waals surface area contributed by atoms with E-state index >= 15 is 0 Å². The molecule has 1 amide bonds. The highest BCUT2D eigenvalue weighted by Gasteiger charge is 2.18. The maximum Gasteiger partial charge on any atom is 0.223 e. The van der Waals surface area contributed by atoms with E-state index in [4.69, 9.17) is 6.42 Å². The minimum Gasteiger partial charge on any atom is -0.389 e. The lowest BCUT2D eigenvalue weighted by atomic mass is 10.1. The van der Waals surface area contributed by atoms with Crippen LogP contribution in [0.15, 0.2) is 0 Å². The number of aliphatic hydroxyl groups is 1. The van der Waals surface area contributed by atoms with Gasteiger partial charge in [0.2, 0.25) is 5.91 Å². The predicted octanol–water partition coefficient (Wildman–Crippen LogP) is 0.629. The number of likely N-dealkylation sites (N-methyl/N-ethyl adjacent to an activating group) is 1. The van der Waals surface area contributed by atoms with E-state index in [0.717, 1.165) is 0 Å². The van der Waals surface area contributed by atoms with Gasteiger partial charge in [0.15, 0.2) is 0 Å². The summed E-state index contributed by atoms with van der Waals surface area (Å²) in [6.45, 7) is 3.66. The van der Waals surface area contributed by atoms with Gasteiger partial charge in [0.1, 0.15) is 0 Å². The minimum absolute atomic E-state index is 0.0277. The number of rotatable bonds is 4. The van der Waals surface area contributed by atoms with Gasteiger partial charge < -0.3 is 10.0 Å². The third kappa shape index (κ3) is 6.18. The molecule has 0 saturated heterocycles. The molecule has 74 valence electrons. The van der Waals surface area contributed by atoms with Crippen LogP contribution in [0.4, 0.5) is 0 Å². The number of hydrogen-bond donors (Lipinski definition) is 1. The second-order valence-electron chi connectivity index (χ2n) is 3.77. The van der Waals surface area contributed by atoms with Gasteiger partial charge in [-0.1, -0.05) is 0 Å². The lowest BCUT2D eigenvalue weighted by Gasteiger charge is -2.25. The predicted molar refractivity (Wildman–Crippen MR) is 52.0 cm³/mol. The van der Waals surface area contributed by atoms with Crippen LogP contribution >= 0.6 is 0 Å². The van der Waals surface area contributed by atoms with Crippen molar-refractivity contribution in [2.45, 2.75) is 32.3 Å². The molecular weight excluding hydrogens is 166 g/mol. The Bertz CT molecular complexity index is 210. The van der Waals surface area contributed by atoms with E-state index in [1.54, 1.807) is 20.9 Å². The van der Waals surface area contributed by atoms with E-state index in [-0.39, 0.29) is 5.91 Å². The molecule has 0 aromatic heterocycles. The van der Waals surface area contributed by atoms with E-state index in [2.05, 4.69) is 5.92 Å². The number of carbonyl (C=O) groups is 1. The van der Waals surface area contributed by atoms with Gasteiger partial charge in [-0.05, 0) is 13.8 Å². The van der Waals surface area contributed by atoms with Crippen molar-refractivity contribution in [3.63, 3.8) is 0 Å². The van der Waals surface area contributed by atoms with Crippen LogP contribution in [0, 0.1) is 12.3 Å². The number of terminal acetylenes is 1. The fourth-order valence-electron chi connectivity index (χ4n) is 1.04. The Balaban J connectivity index is 3.91. The first kappa shape index (κ1) is 12.0. The van der Waals surface area contributed by atoms with Crippen molar-refractivity contribution in [3.8, 4) is 12.3 Å². The van der Waals surface area contributed by atoms with Crippen molar-refractivity contribution >= 4 is 5.91 Å². The molecule has 0 aromatic carbocycles. The topological polar surface area (TPSA) is 40.5 Å². The number of nitrogens with zero attached hydrogens (tertiary/aromatic N) is 1. The Labute approximate surface area is 79.7 Å². The Kier molecular flexibility index (Phi) is 4.50. The van der Waals surface area contributed by atoms with Crippen LogP contribution in [-0.2, 0) is 4.79 Å².